The molecule has 3 aliphatic rings. The maximum absolute atomic E-state index is 13.8. The van der Waals surface area contributed by atoms with Crippen molar-refractivity contribution in [2.24, 2.45) is 0 Å². The van der Waals surface area contributed by atoms with Gasteiger partial charge in [-0.15, -0.1) is 0 Å². The lowest BCUT2D eigenvalue weighted by Crippen LogP contribution is -2.55. The van der Waals surface area contributed by atoms with Gasteiger partial charge in [-0.3, -0.25) is 9.59 Å². The SMILES string of the molecule is C=CCOC(=O)N1c2cc(OCc3cccc(CC(=O)N4CCc5c4cc(O)c4ccccc54)c3)c(OC)cc2C(=O)N2CCCC[C@H]2C1O. The maximum atomic E-state index is 13.8. The highest BCUT2D eigenvalue weighted by atomic mass is 16.6. The molecule has 258 valence electrons. The number of aliphatic hydroxyl groups excluding tert-OH is 1. The van der Waals surface area contributed by atoms with E-state index in [0.717, 1.165) is 50.9 Å². The van der Waals surface area contributed by atoms with Crippen LogP contribution in [0, 0.1) is 0 Å². The predicted octanol–water partition coefficient (Wildman–Crippen LogP) is 5.72. The van der Waals surface area contributed by atoms with Crippen molar-refractivity contribution >= 4 is 40.1 Å². The molecule has 4 aromatic carbocycles. The van der Waals surface area contributed by atoms with Crippen LogP contribution in [0.3, 0.4) is 0 Å². The number of methoxy groups -OCH3 is 1. The molecule has 1 fully saturated rings. The van der Waals surface area contributed by atoms with Gasteiger partial charge in [0.15, 0.2) is 17.7 Å². The first-order chi connectivity index (χ1) is 24.3. The maximum Gasteiger partial charge on any atom is 0.416 e. The second-order valence-electron chi connectivity index (χ2n) is 12.8. The molecule has 0 aromatic heterocycles. The number of hydrogen-bond acceptors (Lipinski definition) is 8. The van der Waals surface area contributed by atoms with Crippen molar-refractivity contribution in [1.29, 1.82) is 0 Å². The molecule has 2 N–H and O–H groups in total. The molecule has 0 saturated carbocycles. The highest BCUT2D eigenvalue weighted by Gasteiger charge is 2.44. The number of aromatic hydroxyl groups is 1. The average Bonchev–Trinajstić information content (AvgIpc) is 3.54. The number of phenols is 1. The lowest BCUT2D eigenvalue weighted by Gasteiger charge is -2.38. The molecule has 3 amide bonds. The van der Waals surface area contributed by atoms with Crippen molar-refractivity contribution in [3.05, 3.63) is 102 Å². The summed E-state index contributed by atoms with van der Waals surface area (Å²) in [5.74, 6) is 0.310. The third-order valence-electron chi connectivity index (χ3n) is 9.74. The highest BCUT2D eigenvalue weighted by Crippen LogP contribution is 2.42. The molecule has 0 aliphatic carbocycles. The number of ether oxygens (including phenoxy) is 3. The normalized spacial score (nSPS) is 18.2. The monoisotopic (exact) mass is 677 g/mol. The Bertz CT molecular complexity index is 1990. The van der Waals surface area contributed by atoms with E-state index < -0.39 is 18.4 Å². The fourth-order valence-electron chi connectivity index (χ4n) is 7.36. The molecular weight excluding hydrogens is 638 g/mol. The smallest absolute Gasteiger partial charge is 0.416 e. The second-order valence-corrected chi connectivity index (χ2v) is 12.8. The largest absolute Gasteiger partial charge is 0.507 e. The van der Waals surface area contributed by atoms with E-state index in [9.17, 15) is 24.6 Å². The summed E-state index contributed by atoms with van der Waals surface area (Å²) in [6.07, 6.45) is 2.30. The minimum Gasteiger partial charge on any atom is -0.507 e. The molecule has 3 aliphatic heterocycles. The van der Waals surface area contributed by atoms with Gasteiger partial charge in [-0.1, -0.05) is 61.2 Å². The van der Waals surface area contributed by atoms with Gasteiger partial charge >= 0.3 is 6.09 Å². The number of anilines is 2. The minimum atomic E-state index is -1.33. The van der Waals surface area contributed by atoms with E-state index in [4.69, 9.17) is 14.2 Å². The zero-order chi connectivity index (χ0) is 34.9. The standard InChI is InChI=1S/C39H39N3O8/c1-3-17-49-39(47)42-32-22-35(34(48-2)20-29(32)37(45)41-15-7-6-13-30(41)38(42)46)50-23-25-10-8-9-24(18-25)19-36(44)40-16-14-27-26-11-4-5-12-28(26)33(43)21-31(27)40/h3-5,8-12,18,20-22,30,38,43,46H,1,6-7,13-17,19,23H2,2H3/t30-,38?/m0/s1. The molecule has 50 heavy (non-hydrogen) atoms. The zero-order valence-electron chi connectivity index (χ0n) is 27.8. The molecule has 0 radical (unpaired) electrons. The van der Waals surface area contributed by atoms with Crippen LogP contribution in [0.1, 0.15) is 46.3 Å². The van der Waals surface area contributed by atoms with Crippen molar-refractivity contribution in [3.8, 4) is 17.2 Å². The molecule has 3 heterocycles. The molecule has 11 heteroatoms. The quantitative estimate of drug-likeness (QED) is 0.227. The van der Waals surface area contributed by atoms with Gasteiger partial charge in [-0.25, -0.2) is 9.69 Å². The highest BCUT2D eigenvalue weighted by molar-refractivity contribution is 6.06. The van der Waals surface area contributed by atoms with E-state index in [2.05, 4.69) is 6.58 Å². The molecule has 2 atom stereocenters. The van der Waals surface area contributed by atoms with Crippen molar-refractivity contribution in [1.82, 2.24) is 4.90 Å². The Morgan fingerprint density at radius 1 is 0.960 bits per heavy atom. The lowest BCUT2D eigenvalue weighted by molar-refractivity contribution is -0.117. The fourth-order valence-corrected chi connectivity index (χ4v) is 7.36. The molecule has 7 rings (SSSR count). The van der Waals surface area contributed by atoms with E-state index in [1.165, 1.54) is 25.3 Å². The molecular formula is C39H39N3O8. The summed E-state index contributed by atoms with van der Waals surface area (Å²) >= 11 is 0. The number of carbonyl (C=O) groups excluding carboxylic acids is 3. The zero-order valence-corrected chi connectivity index (χ0v) is 27.8. The van der Waals surface area contributed by atoms with Crippen LogP contribution in [-0.4, -0.2) is 72.1 Å². The van der Waals surface area contributed by atoms with Gasteiger partial charge in [0.1, 0.15) is 19.0 Å². The Labute approximate surface area is 289 Å². The first-order valence-corrected chi connectivity index (χ1v) is 16.8. The van der Waals surface area contributed by atoms with Gasteiger partial charge in [0, 0.05) is 30.6 Å². The van der Waals surface area contributed by atoms with E-state index in [1.54, 1.807) is 15.9 Å². The van der Waals surface area contributed by atoms with Gasteiger partial charge in [0.2, 0.25) is 5.91 Å². The van der Waals surface area contributed by atoms with Gasteiger partial charge in [0.25, 0.3) is 5.91 Å². The van der Waals surface area contributed by atoms with Crippen LogP contribution < -0.4 is 19.3 Å². The Kier molecular flexibility index (Phi) is 9.07. The van der Waals surface area contributed by atoms with Crippen LogP contribution in [0.25, 0.3) is 10.8 Å². The Hall–Kier alpha value is -5.55. The summed E-state index contributed by atoms with van der Waals surface area (Å²) in [6.45, 7) is 4.62. The van der Waals surface area contributed by atoms with Crippen molar-refractivity contribution < 1.29 is 38.8 Å². The van der Waals surface area contributed by atoms with Crippen LogP contribution in [0.5, 0.6) is 17.2 Å². The first-order valence-electron chi connectivity index (χ1n) is 16.8. The minimum absolute atomic E-state index is 0.0677. The van der Waals surface area contributed by atoms with Crippen LogP contribution in [-0.2, 0) is 29.0 Å². The van der Waals surface area contributed by atoms with Gasteiger partial charge in [-0.2, -0.15) is 0 Å². The molecule has 0 spiro atoms. The number of phenolic OH excluding ortho intramolecular Hbond substituents is 1. The average molecular weight is 678 g/mol. The number of piperidine rings is 1. The summed E-state index contributed by atoms with van der Waals surface area (Å²) in [4.78, 5) is 45.2. The third kappa shape index (κ3) is 5.98. The van der Waals surface area contributed by atoms with E-state index in [1.807, 2.05) is 48.5 Å². The topological polar surface area (TPSA) is 129 Å². The first kappa shape index (κ1) is 33.0. The number of amides is 3. The molecule has 0 bridgehead atoms. The third-order valence-corrected chi connectivity index (χ3v) is 9.74. The Morgan fingerprint density at radius 3 is 2.56 bits per heavy atom. The van der Waals surface area contributed by atoms with Crippen LogP contribution in [0.4, 0.5) is 16.2 Å². The van der Waals surface area contributed by atoms with Crippen molar-refractivity contribution in [2.45, 2.75) is 51.0 Å². The summed E-state index contributed by atoms with van der Waals surface area (Å²) in [6, 6.07) is 19.3. The van der Waals surface area contributed by atoms with Gasteiger partial charge < -0.3 is 34.2 Å². The predicted molar refractivity (Wildman–Crippen MR) is 188 cm³/mol. The number of nitrogens with zero attached hydrogens (tertiary/aromatic N) is 3. The number of hydrogen-bond donors (Lipinski definition) is 2. The van der Waals surface area contributed by atoms with Gasteiger partial charge in [-0.05, 0) is 53.8 Å². The van der Waals surface area contributed by atoms with Crippen LogP contribution in [0.15, 0.2) is 79.4 Å². The van der Waals surface area contributed by atoms with E-state index >= 15 is 0 Å². The van der Waals surface area contributed by atoms with E-state index in [0.29, 0.717) is 25.9 Å². The fraction of sp³-hybridized carbons (Fsp3) is 0.308. The molecule has 4 aromatic rings. The van der Waals surface area contributed by atoms with Crippen molar-refractivity contribution in [2.75, 3.05) is 36.6 Å². The number of rotatable bonds is 8. The lowest BCUT2D eigenvalue weighted by atomic mass is 10.0. The molecule has 1 unspecified atom stereocenters. The Morgan fingerprint density at radius 2 is 1.76 bits per heavy atom. The number of fused-ring (bicyclic) bond motifs is 5. The summed E-state index contributed by atoms with van der Waals surface area (Å²) < 4.78 is 17.2. The second kappa shape index (κ2) is 13.8. The number of carbonyl (C=O) groups is 3. The molecule has 11 nitrogen and oxygen atoms in total. The number of aliphatic hydroxyl groups is 1. The Balaban J connectivity index is 1.12. The summed E-state index contributed by atoms with van der Waals surface area (Å²) in [7, 11) is 1.47. The van der Waals surface area contributed by atoms with Gasteiger partial charge in [0.05, 0.1) is 36.5 Å². The molecule has 1 saturated heterocycles. The van der Waals surface area contributed by atoms with Crippen molar-refractivity contribution in [3.63, 3.8) is 0 Å². The summed E-state index contributed by atoms with van der Waals surface area (Å²) in [5, 5.41) is 23.9. The number of benzene rings is 4. The van der Waals surface area contributed by atoms with E-state index in [-0.39, 0.29) is 59.9 Å². The summed E-state index contributed by atoms with van der Waals surface area (Å²) in [5.41, 5.74) is 3.73. The van der Waals surface area contributed by atoms with Crippen LogP contribution in [0.2, 0.25) is 0 Å². The van der Waals surface area contributed by atoms with Crippen LogP contribution >= 0.6 is 0 Å².